The maximum Gasteiger partial charge on any atom is 0.223 e. The Balaban J connectivity index is 1.83. The van der Waals surface area contributed by atoms with Gasteiger partial charge in [-0.2, -0.15) is 0 Å². The molecule has 1 amide bonds. The standard InChI is InChI=1S/C21H25NO2/c1-3-6-18-19(24-2)12-11-15-7-4-8-16(20(15)18)13-14-22-21(23)17-9-5-10-17/h3-4,7-8,11-12,17H,1,5-6,9-10,13-14H2,2H3,(H,22,23). The van der Waals surface area contributed by atoms with E-state index in [-0.39, 0.29) is 11.8 Å². The molecule has 2 aromatic carbocycles. The highest BCUT2D eigenvalue weighted by Gasteiger charge is 2.24. The zero-order valence-corrected chi connectivity index (χ0v) is 14.3. The molecule has 0 aliphatic heterocycles. The van der Waals surface area contributed by atoms with Crippen LogP contribution in [0.15, 0.2) is 43.0 Å². The van der Waals surface area contributed by atoms with Crippen molar-refractivity contribution < 1.29 is 9.53 Å². The highest BCUT2D eigenvalue weighted by Crippen LogP contribution is 2.31. The number of nitrogens with one attached hydrogen (secondary N) is 1. The summed E-state index contributed by atoms with van der Waals surface area (Å²) >= 11 is 0. The van der Waals surface area contributed by atoms with E-state index in [2.05, 4.69) is 36.2 Å². The lowest BCUT2D eigenvalue weighted by Crippen LogP contribution is -2.35. The molecule has 0 bridgehead atoms. The van der Waals surface area contributed by atoms with Gasteiger partial charge in [-0.1, -0.05) is 36.8 Å². The average molecular weight is 323 g/mol. The number of amides is 1. The van der Waals surface area contributed by atoms with Crippen LogP contribution in [0.5, 0.6) is 5.75 Å². The van der Waals surface area contributed by atoms with Gasteiger partial charge in [0.05, 0.1) is 7.11 Å². The minimum absolute atomic E-state index is 0.213. The van der Waals surface area contributed by atoms with Crippen molar-refractivity contribution in [3.63, 3.8) is 0 Å². The van der Waals surface area contributed by atoms with Crippen molar-refractivity contribution in [3.8, 4) is 5.75 Å². The van der Waals surface area contributed by atoms with Crippen molar-refractivity contribution >= 4 is 16.7 Å². The maximum atomic E-state index is 12.0. The molecule has 3 heteroatoms. The summed E-state index contributed by atoms with van der Waals surface area (Å²) in [5.74, 6) is 1.35. The van der Waals surface area contributed by atoms with E-state index in [4.69, 9.17) is 4.74 Å². The fraction of sp³-hybridized carbons (Fsp3) is 0.381. The lowest BCUT2D eigenvalue weighted by atomic mass is 9.85. The molecule has 24 heavy (non-hydrogen) atoms. The lowest BCUT2D eigenvalue weighted by Gasteiger charge is -2.24. The van der Waals surface area contributed by atoms with Crippen LogP contribution in [0.4, 0.5) is 0 Å². The summed E-state index contributed by atoms with van der Waals surface area (Å²) in [6.07, 6.45) is 6.78. The third kappa shape index (κ3) is 3.30. The molecule has 0 radical (unpaired) electrons. The van der Waals surface area contributed by atoms with Gasteiger partial charge >= 0.3 is 0 Å². The number of allylic oxidation sites excluding steroid dienone is 1. The van der Waals surface area contributed by atoms with Gasteiger partial charge < -0.3 is 10.1 Å². The fourth-order valence-corrected chi connectivity index (χ4v) is 3.40. The second kappa shape index (κ2) is 7.52. The van der Waals surface area contributed by atoms with Crippen molar-refractivity contribution in [2.45, 2.75) is 32.1 Å². The van der Waals surface area contributed by atoms with Gasteiger partial charge in [0.1, 0.15) is 5.75 Å². The van der Waals surface area contributed by atoms with Crippen LogP contribution in [0.1, 0.15) is 30.4 Å². The molecule has 1 fully saturated rings. The smallest absolute Gasteiger partial charge is 0.223 e. The number of carbonyl (C=O) groups excluding carboxylic acids is 1. The predicted octanol–water partition coefficient (Wildman–Crippen LogP) is 4.04. The first-order valence-electron chi connectivity index (χ1n) is 8.70. The molecule has 3 nitrogen and oxygen atoms in total. The maximum absolute atomic E-state index is 12.0. The van der Waals surface area contributed by atoms with E-state index in [1.807, 2.05) is 12.1 Å². The molecule has 0 aromatic heterocycles. The fourth-order valence-electron chi connectivity index (χ4n) is 3.40. The summed E-state index contributed by atoms with van der Waals surface area (Å²) in [4.78, 5) is 12.0. The van der Waals surface area contributed by atoms with Gasteiger partial charge in [-0.05, 0) is 48.1 Å². The van der Waals surface area contributed by atoms with Crippen LogP contribution in [0.2, 0.25) is 0 Å². The van der Waals surface area contributed by atoms with E-state index >= 15 is 0 Å². The topological polar surface area (TPSA) is 38.3 Å². The highest BCUT2D eigenvalue weighted by molar-refractivity contribution is 5.91. The number of ether oxygens (including phenoxy) is 1. The third-order valence-corrected chi connectivity index (χ3v) is 4.93. The van der Waals surface area contributed by atoms with Crippen molar-refractivity contribution in [1.82, 2.24) is 5.32 Å². The first-order chi connectivity index (χ1) is 11.7. The van der Waals surface area contributed by atoms with Gasteiger partial charge in [0.25, 0.3) is 0 Å². The number of fused-ring (bicyclic) bond motifs is 1. The SMILES string of the molecule is C=CCc1c(OC)ccc2cccc(CCNC(=O)C3CCC3)c12. The van der Waals surface area contributed by atoms with E-state index in [1.54, 1.807) is 7.11 Å². The summed E-state index contributed by atoms with van der Waals surface area (Å²) < 4.78 is 5.54. The Morgan fingerprint density at radius 1 is 1.33 bits per heavy atom. The quantitative estimate of drug-likeness (QED) is 0.781. The van der Waals surface area contributed by atoms with Crippen LogP contribution in [-0.4, -0.2) is 19.6 Å². The molecule has 0 spiro atoms. The average Bonchev–Trinajstić information content (AvgIpc) is 2.53. The summed E-state index contributed by atoms with van der Waals surface area (Å²) in [5, 5.41) is 5.52. The summed E-state index contributed by atoms with van der Waals surface area (Å²) in [6.45, 7) is 4.56. The van der Waals surface area contributed by atoms with E-state index in [1.165, 1.54) is 28.3 Å². The van der Waals surface area contributed by atoms with Crippen LogP contribution in [0.3, 0.4) is 0 Å². The van der Waals surface area contributed by atoms with Crippen LogP contribution < -0.4 is 10.1 Å². The minimum atomic E-state index is 0.213. The first-order valence-corrected chi connectivity index (χ1v) is 8.70. The van der Waals surface area contributed by atoms with Crippen molar-refractivity contribution in [2.75, 3.05) is 13.7 Å². The normalized spacial score (nSPS) is 14.2. The van der Waals surface area contributed by atoms with Gasteiger partial charge in [-0.25, -0.2) is 0 Å². The van der Waals surface area contributed by atoms with Crippen LogP contribution >= 0.6 is 0 Å². The Labute approximate surface area is 143 Å². The molecular weight excluding hydrogens is 298 g/mol. The van der Waals surface area contributed by atoms with Crippen LogP contribution in [0, 0.1) is 5.92 Å². The number of rotatable bonds is 7. The van der Waals surface area contributed by atoms with E-state index < -0.39 is 0 Å². The number of methoxy groups -OCH3 is 1. The van der Waals surface area contributed by atoms with E-state index in [0.717, 1.165) is 31.4 Å². The monoisotopic (exact) mass is 323 g/mol. The molecule has 1 aliphatic carbocycles. The molecular formula is C21H25NO2. The second-order valence-corrected chi connectivity index (χ2v) is 6.42. The molecule has 0 heterocycles. The molecule has 0 atom stereocenters. The third-order valence-electron chi connectivity index (χ3n) is 4.93. The molecule has 126 valence electrons. The zero-order chi connectivity index (χ0) is 16.9. The van der Waals surface area contributed by atoms with E-state index in [0.29, 0.717) is 6.54 Å². The number of carbonyl (C=O) groups is 1. The molecule has 1 saturated carbocycles. The summed E-state index contributed by atoms with van der Waals surface area (Å²) in [7, 11) is 1.70. The summed E-state index contributed by atoms with van der Waals surface area (Å²) in [5.41, 5.74) is 2.42. The molecule has 1 aliphatic rings. The molecule has 0 unspecified atom stereocenters. The van der Waals surface area contributed by atoms with Crippen molar-refractivity contribution in [3.05, 3.63) is 54.1 Å². The number of benzene rings is 2. The predicted molar refractivity (Wildman–Crippen MR) is 98.5 cm³/mol. The molecule has 3 rings (SSSR count). The van der Waals surface area contributed by atoms with Gasteiger partial charge in [0.2, 0.25) is 5.91 Å². The number of hydrogen-bond donors (Lipinski definition) is 1. The Morgan fingerprint density at radius 2 is 2.17 bits per heavy atom. The van der Waals surface area contributed by atoms with Gasteiger partial charge in [0, 0.05) is 18.0 Å². The Hall–Kier alpha value is -2.29. The molecule has 2 aromatic rings. The van der Waals surface area contributed by atoms with Crippen molar-refractivity contribution in [2.24, 2.45) is 5.92 Å². The van der Waals surface area contributed by atoms with E-state index in [9.17, 15) is 4.79 Å². The van der Waals surface area contributed by atoms with Gasteiger partial charge in [0.15, 0.2) is 0 Å². The molecule has 0 saturated heterocycles. The van der Waals surface area contributed by atoms with Gasteiger partial charge in [-0.15, -0.1) is 6.58 Å². The first kappa shape index (κ1) is 16.6. The van der Waals surface area contributed by atoms with Crippen LogP contribution in [0.25, 0.3) is 10.8 Å². The molecule has 1 N–H and O–H groups in total. The minimum Gasteiger partial charge on any atom is -0.496 e. The second-order valence-electron chi connectivity index (χ2n) is 6.42. The van der Waals surface area contributed by atoms with Crippen LogP contribution in [-0.2, 0) is 17.6 Å². The Bertz CT molecular complexity index is 747. The van der Waals surface area contributed by atoms with Crippen molar-refractivity contribution in [1.29, 1.82) is 0 Å². The number of hydrogen-bond acceptors (Lipinski definition) is 2. The lowest BCUT2D eigenvalue weighted by molar-refractivity contribution is -0.127. The van der Waals surface area contributed by atoms with Gasteiger partial charge in [-0.3, -0.25) is 4.79 Å². The zero-order valence-electron chi connectivity index (χ0n) is 14.3. The Morgan fingerprint density at radius 3 is 2.83 bits per heavy atom. The highest BCUT2D eigenvalue weighted by atomic mass is 16.5. The summed E-state index contributed by atoms with van der Waals surface area (Å²) in [6, 6.07) is 10.5. The Kier molecular flexibility index (Phi) is 5.19. The largest absolute Gasteiger partial charge is 0.496 e.